The topological polar surface area (TPSA) is 26.3 Å². The van der Waals surface area contributed by atoms with E-state index in [9.17, 15) is 9.18 Å². The standard InChI is InChI=1S/C20H14ClFO2/c1-13-5-7-14(8-6-13)15-9-11-16(12-10-15)20(23)24-18-4-2-3-17(21)19(18)22/h2-12H,1H3. The van der Waals surface area contributed by atoms with Crippen molar-refractivity contribution in [1.29, 1.82) is 0 Å². The van der Waals surface area contributed by atoms with Crippen LogP contribution in [-0.4, -0.2) is 5.97 Å². The molecule has 120 valence electrons. The number of halogens is 2. The molecule has 0 fully saturated rings. The lowest BCUT2D eigenvalue weighted by Gasteiger charge is -2.07. The van der Waals surface area contributed by atoms with Gasteiger partial charge in [0, 0.05) is 0 Å². The Morgan fingerprint density at radius 1 is 0.917 bits per heavy atom. The quantitative estimate of drug-likeness (QED) is 0.453. The highest BCUT2D eigenvalue weighted by Crippen LogP contribution is 2.25. The third-order valence-electron chi connectivity index (χ3n) is 3.62. The van der Waals surface area contributed by atoms with Gasteiger partial charge in [0.1, 0.15) is 0 Å². The van der Waals surface area contributed by atoms with Crippen LogP contribution in [0.15, 0.2) is 66.7 Å². The number of aryl methyl sites for hydroxylation is 1. The molecule has 0 saturated heterocycles. The van der Waals surface area contributed by atoms with Crippen LogP contribution in [0.2, 0.25) is 5.02 Å². The lowest BCUT2D eigenvalue weighted by atomic mass is 10.0. The second kappa shape index (κ2) is 6.85. The van der Waals surface area contributed by atoms with Gasteiger partial charge in [-0.15, -0.1) is 0 Å². The monoisotopic (exact) mass is 340 g/mol. The zero-order chi connectivity index (χ0) is 17.1. The molecule has 0 unspecified atom stereocenters. The summed E-state index contributed by atoms with van der Waals surface area (Å²) in [5.74, 6) is -1.56. The molecule has 0 aliphatic rings. The maximum Gasteiger partial charge on any atom is 0.343 e. The minimum Gasteiger partial charge on any atom is -0.420 e. The molecular weight excluding hydrogens is 327 g/mol. The lowest BCUT2D eigenvalue weighted by Crippen LogP contribution is -2.09. The van der Waals surface area contributed by atoms with E-state index in [2.05, 4.69) is 0 Å². The minimum absolute atomic E-state index is 0.0879. The van der Waals surface area contributed by atoms with Crippen molar-refractivity contribution in [1.82, 2.24) is 0 Å². The molecule has 24 heavy (non-hydrogen) atoms. The molecule has 4 heteroatoms. The highest BCUT2D eigenvalue weighted by Gasteiger charge is 2.14. The first kappa shape index (κ1) is 16.2. The molecule has 3 rings (SSSR count). The van der Waals surface area contributed by atoms with Gasteiger partial charge in [-0.2, -0.15) is 0 Å². The second-order valence-electron chi connectivity index (χ2n) is 5.38. The van der Waals surface area contributed by atoms with E-state index in [1.807, 2.05) is 43.3 Å². The number of hydrogen-bond donors (Lipinski definition) is 0. The molecule has 3 aromatic carbocycles. The summed E-state index contributed by atoms with van der Waals surface area (Å²) in [6, 6.07) is 19.3. The van der Waals surface area contributed by atoms with Gasteiger partial charge in [0.15, 0.2) is 11.6 Å². The van der Waals surface area contributed by atoms with Gasteiger partial charge in [-0.3, -0.25) is 0 Å². The molecule has 0 radical (unpaired) electrons. The van der Waals surface area contributed by atoms with Gasteiger partial charge in [-0.25, -0.2) is 9.18 Å². The molecular formula is C20H14ClFO2. The highest BCUT2D eigenvalue weighted by atomic mass is 35.5. The Balaban J connectivity index is 1.79. The predicted octanol–water partition coefficient (Wildman–Crippen LogP) is 5.67. The van der Waals surface area contributed by atoms with Crippen molar-refractivity contribution in [2.75, 3.05) is 0 Å². The minimum atomic E-state index is -0.746. The SMILES string of the molecule is Cc1ccc(-c2ccc(C(=O)Oc3cccc(Cl)c3F)cc2)cc1. The Morgan fingerprint density at radius 3 is 2.12 bits per heavy atom. The first-order valence-electron chi connectivity index (χ1n) is 7.38. The maximum atomic E-state index is 13.8. The van der Waals surface area contributed by atoms with Crippen LogP contribution in [0.5, 0.6) is 5.75 Å². The van der Waals surface area contributed by atoms with E-state index in [4.69, 9.17) is 16.3 Å². The van der Waals surface area contributed by atoms with E-state index in [0.717, 1.165) is 11.1 Å². The average molecular weight is 341 g/mol. The lowest BCUT2D eigenvalue weighted by molar-refractivity contribution is 0.0728. The molecule has 3 aromatic rings. The Hall–Kier alpha value is -2.65. The number of hydrogen-bond acceptors (Lipinski definition) is 2. The zero-order valence-corrected chi connectivity index (χ0v) is 13.7. The molecule has 0 aliphatic heterocycles. The number of carbonyl (C=O) groups excluding carboxylic acids is 1. The van der Waals surface area contributed by atoms with Crippen molar-refractivity contribution in [3.05, 3.63) is 88.7 Å². The summed E-state index contributed by atoms with van der Waals surface area (Å²) in [7, 11) is 0. The number of esters is 1. The van der Waals surface area contributed by atoms with E-state index in [1.54, 1.807) is 12.1 Å². The number of carbonyl (C=O) groups is 1. The fraction of sp³-hybridized carbons (Fsp3) is 0.0500. The van der Waals surface area contributed by atoms with Crippen LogP contribution in [0.1, 0.15) is 15.9 Å². The smallest absolute Gasteiger partial charge is 0.343 e. The Kier molecular flexibility index (Phi) is 4.63. The number of rotatable bonds is 3. The van der Waals surface area contributed by atoms with Crippen molar-refractivity contribution in [2.24, 2.45) is 0 Å². The molecule has 0 atom stereocenters. The summed E-state index contributed by atoms with van der Waals surface area (Å²) in [6.45, 7) is 2.03. The molecule has 0 spiro atoms. The maximum absolute atomic E-state index is 13.8. The van der Waals surface area contributed by atoms with E-state index in [1.165, 1.54) is 23.8 Å². The summed E-state index contributed by atoms with van der Waals surface area (Å²) in [4.78, 5) is 12.1. The predicted molar refractivity (Wildman–Crippen MR) is 93.0 cm³/mol. The summed E-state index contributed by atoms with van der Waals surface area (Å²) in [5.41, 5.74) is 3.56. The highest BCUT2D eigenvalue weighted by molar-refractivity contribution is 6.30. The van der Waals surface area contributed by atoms with Gasteiger partial charge in [0.25, 0.3) is 0 Å². The number of benzene rings is 3. The normalized spacial score (nSPS) is 10.5. The van der Waals surface area contributed by atoms with Gasteiger partial charge in [-0.1, -0.05) is 59.6 Å². The van der Waals surface area contributed by atoms with Crippen molar-refractivity contribution >= 4 is 17.6 Å². The van der Waals surface area contributed by atoms with Crippen molar-refractivity contribution < 1.29 is 13.9 Å². The Bertz CT molecular complexity index is 871. The van der Waals surface area contributed by atoms with E-state index in [0.29, 0.717) is 5.56 Å². The second-order valence-corrected chi connectivity index (χ2v) is 5.79. The van der Waals surface area contributed by atoms with Crippen molar-refractivity contribution in [2.45, 2.75) is 6.92 Å². The zero-order valence-electron chi connectivity index (χ0n) is 12.9. The van der Waals surface area contributed by atoms with E-state index >= 15 is 0 Å². The molecule has 2 nitrogen and oxygen atoms in total. The van der Waals surface area contributed by atoms with Crippen LogP contribution in [0.25, 0.3) is 11.1 Å². The molecule has 0 N–H and O–H groups in total. The third kappa shape index (κ3) is 3.47. The Labute approximate surface area is 144 Å². The average Bonchev–Trinajstić information content (AvgIpc) is 2.60. The first-order valence-corrected chi connectivity index (χ1v) is 7.76. The van der Waals surface area contributed by atoms with E-state index < -0.39 is 11.8 Å². The van der Waals surface area contributed by atoms with Crippen molar-refractivity contribution in [3.8, 4) is 16.9 Å². The van der Waals surface area contributed by atoms with Crippen LogP contribution in [0.4, 0.5) is 4.39 Å². The van der Waals surface area contributed by atoms with E-state index in [-0.39, 0.29) is 10.8 Å². The fourth-order valence-corrected chi connectivity index (χ4v) is 2.43. The van der Waals surface area contributed by atoms with Crippen molar-refractivity contribution in [3.63, 3.8) is 0 Å². The Morgan fingerprint density at radius 2 is 1.50 bits per heavy atom. The third-order valence-corrected chi connectivity index (χ3v) is 3.92. The van der Waals surface area contributed by atoms with Gasteiger partial charge in [0.05, 0.1) is 10.6 Å². The van der Waals surface area contributed by atoms with Crippen LogP contribution in [0.3, 0.4) is 0 Å². The molecule has 0 heterocycles. The molecule has 0 bridgehead atoms. The summed E-state index contributed by atoms with van der Waals surface area (Å²) >= 11 is 5.68. The van der Waals surface area contributed by atoms with Crippen LogP contribution in [-0.2, 0) is 0 Å². The summed E-state index contributed by atoms with van der Waals surface area (Å²) < 4.78 is 18.9. The van der Waals surface area contributed by atoms with Crippen LogP contribution < -0.4 is 4.74 Å². The van der Waals surface area contributed by atoms with Gasteiger partial charge in [-0.05, 0) is 42.3 Å². The van der Waals surface area contributed by atoms with Gasteiger partial charge >= 0.3 is 5.97 Å². The largest absolute Gasteiger partial charge is 0.420 e. The fourth-order valence-electron chi connectivity index (χ4n) is 2.27. The molecule has 0 saturated carbocycles. The van der Waals surface area contributed by atoms with Crippen LogP contribution in [0, 0.1) is 12.7 Å². The summed E-state index contributed by atoms with van der Waals surface area (Å²) in [5, 5.41) is -0.0879. The van der Waals surface area contributed by atoms with Gasteiger partial charge < -0.3 is 4.74 Å². The number of ether oxygens (including phenoxy) is 1. The first-order chi connectivity index (χ1) is 11.5. The molecule has 0 aromatic heterocycles. The van der Waals surface area contributed by atoms with Crippen LogP contribution >= 0.6 is 11.6 Å². The molecule has 0 aliphatic carbocycles. The molecule has 0 amide bonds. The summed E-state index contributed by atoms with van der Waals surface area (Å²) in [6.07, 6.45) is 0. The van der Waals surface area contributed by atoms with Gasteiger partial charge in [0.2, 0.25) is 0 Å².